The first-order chi connectivity index (χ1) is 48.3. The molecule has 0 aliphatic carbocycles. The summed E-state index contributed by atoms with van der Waals surface area (Å²) in [6, 6.07) is 99.0. The number of para-hydroxylation sites is 4. The van der Waals surface area contributed by atoms with Gasteiger partial charge in [-0.25, -0.2) is 38.6 Å². The highest BCUT2D eigenvalue weighted by Gasteiger charge is 2.55. The van der Waals surface area contributed by atoms with Crippen LogP contribution in [0.5, 0.6) is 0 Å². The molecule has 15 aromatic rings. The fourth-order valence-electron chi connectivity index (χ4n) is 12.2. The maximum absolute atomic E-state index is 18.4. The Balaban J connectivity index is 0.926. The third-order valence-corrected chi connectivity index (χ3v) is 22.5. The minimum absolute atomic E-state index is 0.0774. The second-order valence-corrected chi connectivity index (χ2v) is 27.7. The van der Waals surface area contributed by atoms with Crippen LogP contribution < -0.4 is 29.3 Å². The van der Waals surface area contributed by atoms with Gasteiger partial charge < -0.3 is 0 Å². The van der Waals surface area contributed by atoms with Crippen LogP contribution in [0.4, 0.5) is 46.5 Å². The van der Waals surface area contributed by atoms with Gasteiger partial charge in [0.05, 0.1) is 33.4 Å². The molecular formula is C78H52N16O2P2. The van der Waals surface area contributed by atoms with Gasteiger partial charge in [0.1, 0.15) is 0 Å². The van der Waals surface area contributed by atoms with E-state index in [1.165, 1.54) is 0 Å². The Morgan fingerprint density at radius 1 is 0.173 bits per heavy atom. The molecule has 98 heavy (non-hydrogen) atoms. The van der Waals surface area contributed by atoms with Crippen LogP contribution in [0.2, 0.25) is 0 Å². The lowest BCUT2D eigenvalue weighted by Gasteiger charge is -2.33. The summed E-state index contributed by atoms with van der Waals surface area (Å²) in [7, 11) is -9.15. The molecule has 4 aromatic heterocycles. The van der Waals surface area contributed by atoms with E-state index < -0.39 is 14.9 Å². The van der Waals surface area contributed by atoms with E-state index in [0.717, 1.165) is 0 Å². The molecule has 6 heterocycles. The van der Waals surface area contributed by atoms with E-state index in [1.54, 1.807) is 42.9 Å². The van der Waals surface area contributed by atoms with Gasteiger partial charge in [-0.1, -0.05) is 267 Å². The van der Waals surface area contributed by atoms with Gasteiger partial charge in [0, 0.05) is 44.5 Å². The second-order valence-electron chi connectivity index (χ2n) is 22.9. The number of fused-ring (bicyclic) bond motifs is 2. The SMILES string of the molecule is O=P1(c2ccc(P3(=O)N(c4nc(-c5ccccc5)nc(-c5ccccc5)n4)c4ccccc4N3c3nc(-c4ccccc4)nc(-c4ccccc4)n3)cc2)N(c2nc(-c3ccccc3)nc(-c3ccccc3)n2)c2ccccc2N1c1nc(-c2ccccc2)nc(-c2ccccc2)n1. The Morgan fingerprint density at radius 2 is 0.316 bits per heavy atom. The second kappa shape index (κ2) is 24.8. The zero-order chi connectivity index (χ0) is 65.6. The Kier molecular flexibility index (Phi) is 14.9. The van der Waals surface area contributed by atoms with Gasteiger partial charge in [-0.15, -0.1) is 0 Å². The minimum atomic E-state index is -4.58. The van der Waals surface area contributed by atoms with Crippen molar-refractivity contribution in [3.05, 3.63) is 315 Å². The number of nitrogens with zero attached hydrogens (tertiary/aromatic N) is 16. The summed E-state index contributed by atoms with van der Waals surface area (Å²) in [5, 5.41) is 0.529. The van der Waals surface area contributed by atoms with E-state index in [-0.39, 0.29) is 34.4 Å². The van der Waals surface area contributed by atoms with Crippen molar-refractivity contribution in [3.63, 3.8) is 0 Å². The molecule has 0 saturated heterocycles. The molecule has 0 amide bonds. The summed E-state index contributed by atoms with van der Waals surface area (Å²) < 4.78 is 43.5. The van der Waals surface area contributed by atoms with Crippen LogP contribution in [0.15, 0.2) is 315 Å². The molecule has 466 valence electrons. The summed E-state index contributed by atoms with van der Waals surface area (Å²) >= 11 is 0. The first kappa shape index (κ1) is 58.9. The molecule has 0 bridgehead atoms. The zero-order valence-electron chi connectivity index (χ0n) is 51.9. The third kappa shape index (κ3) is 10.5. The quantitative estimate of drug-likeness (QED) is 0.0929. The van der Waals surface area contributed by atoms with E-state index in [0.29, 0.717) is 114 Å². The maximum Gasteiger partial charge on any atom is 0.306 e. The number of benzene rings is 11. The summed E-state index contributed by atoms with van der Waals surface area (Å²) in [5.74, 6) is 3.07. The Bertz CT molecular complexity index is 4660. The molecule has 2 aliphatic heterocycles. The average Bonchev–Trinajstić information content (AvgIpc) is 1.54. The molecule has 0 N–H and O–H groups in total. The summed E-state index contributed by atoms with van der Waals surface area (Å²) in [5.41, 5.74) is 7.62. The first-order valence-electron chi connectivity index (χ1n) is 31.5. The molecule has 17 rings (SSSR count). The van der Waals surface area contributed by atoms with Crippen LogP contribution in [0, 0.1) is 0 Å². The molecule has 0 radical (unpaired) electrons. The minimum Gasteiger partial charge on any atom is -0.269 e. The summed E-state index contributed by atoms with van der Waals surface area (Å²) in [6.45, 7) is 0. The number of hydrogen-bond donors (Lipinski definition) is 0. The van der Waals surface area contributed by atoms with Crippen molar-refractivity contribution in [3.8, 4) is 91.1 Å². The molecule has 18 nitrogen and oxygen atoms in total. The van der Waals surface area contributed by atoms with Crippen molar-refractivity contribution in [1.29, 1.82) is 0 Å². The summed E-state index contributed by atoms with van der Waals surface area (Å²) in [4.78, 5) is 62.4. The van der Waals surface area contributed by atoms with E-state index in [4.69, 9.17) is 59.8 Å². The van der Waals surface area contributed by atoms with E-state index in [2.05, 4.69) is 0 Å². The van der Waals surface area contributed by atoms with Crippen molar-refractivity contribution in [2.75, 3.05) is 18.7 Å². The van der Waals surface area contributed by atoms with E-state index >= 15 is 9.13 Å². The standard InChI is InChI=1S/C78H52N16O2P2/c95-97(91(75-83-67(53-29-9-1-10-30-53)79-68(84-75)54-31-11-2-12-32-54)63-45-25-26-46-64(63)92(97)76-85-69(55-33-13-3-14-34-55)80-70(86-76)56-35-15-4-16-36-56)61-49-51-62(52-50-61)98(96)93(77-87-71(57-37-17-5-18-38-57)81-72(88-77)58-39-19-6-20-40-58)65-47-27-28-48-66(65)94(98)78-89-73(59-41-21-7-22-42-59)82-74(90-78)60-43-23-8-24-44-60/h1-52H. The molecule has 0 unspecified atom stereocenters. The van der Waals surface area contributed by atoms with E-state index in [1.807, 2.05) is 291 Å². The molecule has 0 fully saturated rings. The highest BCUT2D eigenvalue weighted by Crippen LogP contribution is 2.71. The molecular weight excluding hydrogens is 1250 g/mol. The van der Waals surface area contributed by atoms with Crippen molar-refractivity contribution >= 4 is 72.0 Å². The van der Waals surface area contributed by atoms with Crippen LogP contribution in [0.25, 0.3) is 91.1 Å². The van der Waals surface area contributed by atoms with Gasteiger partial charge in [-0.2, -0.15) is 39.9 Å². The lowest BCUT2D eigenvalue weighted by molar-refractivity contribution is 0.580. The fraction of sp³-hybridized carbons (Fsp3) is 0. The van der Waals surface area contributed by atoms with Crippen molar-refractivity contribution in [2.45, 2.75) is 0 Å². The Morgan fingerprint density at radius 3 is 0.469 bits per heavy atom. The van der Waals surface area contributed by atoms with Crippen molar-refractivity contribution in [2.24, 2.45) is 0 Å². The van der Waals surface area contributed by atoms with Gasteiger partial charge in [0.2, 0.25) is 23.8 Å². The van der Waals surface area contributed by atoms with Crippen molar-refractivity contribution < 1.29 is 9.13 Å². The highest BCUT2D eigenvalue weighted by molar-refractivity contribution is 7.76. The maximum atomic E-state index is 18.4. The van der Waals surface area contributed by atoms with Gasteiger partial charge in [0.25, 0.3) is 0 Å². The number of hydrogen-bond acceptors (Lipinski definition) is 14. The Labute approximate surface area is 563 Å². The Hall–Kier alpha value is -12.9. The predicted molar refractivity (Wildman–Crippen MR) is 385 cm³/mol. The molecule has 0 spiro atoms. The van der Waals surface area contributed by atoms with Crippen LogP contribution >= 0.6 is 14.9 Å². The van der Waals surface area contributed by atoms with Gasteiger partial charge in [-0.3, -0.25) is 9.13 Å². The van der Waals surface area contributed by atoms with Gasteiger partial charge in [0.15, 0.2) is 46.6 Å². The lowest BCUT2D eigenvalue weighted by Crippen LogP contribution is -2.32. The third-order valence-electron chi connectivity index (χ3n) is 16.8. The molecule has 11 aromatic carbocycles. The topological polar surface area (TPSA) is 202 Å². The lowest BCUT2D eigenvalue weighted by atomic mass is 10.2. The summed E-state index contributed by atoms with van der Waals surface area (Å²) in [6.07, 6.45) is 0. The number of anilines is 8. The van der Waals surface area contributed by atoms with Gasteiger partial charge >= 0.3 is 14.9 Å². The first-order valence-corrected chi connectivity index (χ1v) is 34.8. The van der Waals surface area contributed by atoms with Crippen LogP contribution in [-0.2, 0) is 9.13 Å². The monoisotopic (exact) mass is 1310 g/mol. The largest absolute Gasteiger partial charge is 0.306 e. The van der Waals surface area contributed by atoms with Gasteiger partial charge in [-0.05, 0) is 48.5 Å². The highest BCUT2D eigenvalue weighted by atomic mass is 31.2. The number of aromatic nitrogens is 12. The predicted octanol–water partition coefficient (Wildman–Crippen LogP) is 17.4. The molecule has 0 saturated carbocycles. The zero-order valence-corrected chi connectivity index (χ0v) is 53.7. The molecule has 2 aliphatic rings. The van der Waals surface area contributed by atoms with Crippen molar-refractivity contribution in [1.82, 2.24) is 59.8 Å². The molecule has 0 atom stereocenters. The van der Waals surface area contributed by atoms with Crippen LogP contribution in [0.3, 0.4) is 0 Å². The normalized spacial score (nSPS) is 13.5. The fourth-order valence-corrected chi connectivity index (χ4v) is 17.7. The number of rotatable bonds is 14. The average molecular weight is 1310 g/mol. The van der Waals surface area contributed by atoms with E-state index in [9.17, 15) is 0 Å². The smallest absolute Gasteiger partial charge is 0.269 e. The molecule has 20 heteroatoms. The van der Waals surface area contributed by atoms with Crippen LogP contribution in [0.1, 0.15) is 0 Å². The van der Waals surface area contributed by atoms with Crippen LogP contribution in [-0.4, -0.2) is 59.8 Å².